The smallest absolute Gasteiger partial charge is 0.124 e. The highest BCUT2D eigenvalue weighted by Gasteiger charge is 2.13. The molecule has 0 fully saturated rings. The summed E-state index contributed by atoms with van der Waals surface area (Å²) >= 11 is 3.43. The largest absolute Gasteiger partial charge is 0.496 e. The number of rotatable bonds is 5. The van der Waals surface area contributed by atoms with E-state index in [4.69, 9.17) is 10.5 Å². The van der Waals surface area contributed by atoms with Gasteiger partial charge in [-0.2, -0.15) is 5.10 Å². The van der Waals surface area contributed by atoms with Gasteiger partial charge in [-0.25, -0.2) is 0 Å². The Balaban J connectivity index is 2.07. The Morgan fingerprint density at radius 2 is 2.21 bits per heavy atom. The number of benzene rings is 1. The Morgan fingerprint density at radius 3 is 2.84 bits per heavy atom. The van der Waals surface area contributed by atoms with Gasteiger partial charge in [0.2, 0.25) is 0 Å². The molecule has 0 aliphatic rings. The van der Waals surface area contributed by atoms with Gasteiger partial charge in [0.1, 0.15) is 5.75 Å². The molecule has 0 bridgehead atoms. The molecule has 0 aliphatic heterocycles. The van der Waals surface area contributed by atoms with Crippen molar-refractivity contribution in [2.24, 2.45) is 12.8 Å². The van der Waals surface area contributed by atoms with Gasteiger partial charge in [0.15, 0.2) is 0 Å². The number of halogens is 1. The molecule has 5 heteroatoms. The van der Waals surface area contributed by atoms with Crippen LogP contribution in [0.5, 0.6) is 5.75 Å². The highest BCUT2D eigenvalue weighted by Crippen LogP contribution is 2.29. The first-order chi connectivity index (χ1) is 9.11. The molecule has 0 amide bonds. The van der Waals surface area contributed by atoms with E-state index < -0.39 is 0 Å². The fourth-order valence-electron chi connectivity index (χ4n) is 2.10. The van der Waals surface area contributed by atoms with Gasteiger partial charge in [-0.3, -0.25) is 4.68 Å². The molecule has 4 nitrogen and oxygen atoms in total. The molecule has 1 heterocycles. The minimum absolute atomic E-state index is 0.0436. The zero-order chi connectivity index (χ0) is 13.8. The molecule has 0 radical (unpaired) electrons. The summed E-state index contributed by atoms with van der Waals surface area (Å²) in [7, 11) is 3.61. The molecule has 1 aromatic heterocycles. The molecule has 0 aliphatic carbocycles. The molecule has 0 saturated carbocycles. The summed E-state index contributed by atoms with van der Waals surface area (Å²) in [6, 6.07) is 7.92. The summed E-state index contributed by atoms with van der Waals surface area (Å²) in [5, 5.41) is 4.16. The Labute approximate surface area is 121 Å². The van der Waals surface area contributed by atoms with Crippen LogP contribution in [-0.2, 0) is 13.5 Å². The molecule has 19 heavy (non-hydrogen) atoms. The maximum Gasteiger partial charge on any atom is 0.124 e. The molecular weight excluding hydrogens is 306 g/mol. The Morgan fingerprint density at radius 1 is 1.42 bits per heavy atom. The van der Waals surface area contributed by atoms with Gasteiger partial charge in [0, 0.05) is 35.0 Å². The van der Waals surface area contributed by atoms with Crippen molar-refractivity contribution >= 4 is 15.9 Å². The molecule has 0 spiro atoms. The fraction of sp³-hybridized carbons (Fsp3) is 0.357. The van der Waals surface area contributed by atoms with Crippen LogP contribution >= 0.6 is 15.9 Å². The van der Waals surface area contributed by atoms with E-state index in [1.165, 1.54) is 5.69 Å². The monoisotopic (exact) mass is 323 g/mol. The van der Waals surface area contributed by atoms with Crippen molar-refractivity contribution in [3.05, 3.63) is 46.2 Å². The van der Waals surface area contributed by atoms with Crippen molar-refractivity contribution < 1.29 is 4.74 Å². The van der Waals surface area contributed by atoms with E-state index >= 15 is 0 Å². The maximum absolute atomic E-state index is 6.26. The third-order valence-electron chi connectivity index (χ3n) is 3.23. The fourth-order valence-corrected chi connectivity index (χ4v) is 2.44. The summed E-state index contributed by atoms with van der Waals surface area (Å²) in [4.78, 5) is 0. The van der Waals surface area contributed by atoms with Crippen LogP contribution in [0, 0.1) is 0 Å². The third kappa shape index (κ3) is 3.36. The molecular formula is C14H18BrN3O. The van der Waals surface area contributed by atoms with Gasteiger partial charge in [-0.1, -0.05) is 22.0 Å². The number of methoxy groups -OCH3 is 1. The van der Waals surface area contributed by atoms with Gasteiger partial charge in [0.25, 0.3) is 0 Å². The number of aromatic nitrogens is 2. The van der Waals surface area contributed by atoms with Crippen LogP contribution in [0.25, 0.3) is 0 Å². The SMILES string of the molecule is COc1cc(Br)ccc1C(N)CCc1ccnn1C. The Bertz CT molecular complexity index is 553. The lowest BCUT2D eigenvalue weighted by Gasteiger charge is -2.16. The highest BCUT2D eigenvalue weighted by molar-refractivity contribution is 9.10. The summed E-state index contributed by atoms with van der Waals surface area (Å²) in [6.45, 7) is 0. The molecule has 0 saturated heterocycles. The molecule has 1 aromatic carbocycles. The molecule has 2 N–H and O–H groups in total. The normalized spacial score (nSPS) is 12.4. The predicted octanol–water partition coefficient (Wildman–Crippen LogP) is 2.82. The molecule has 1 unspecified atom stereocenters. The minimum Gasteiger partial charge on any atom is -0.496 e. The number of nitrogens with two attached hydrogens (primary N) is 1. The molecule has 102 valence electrons. The topological polar surface area (TPSA) is 53.1 Å². The maximum atomic E-state index is 6.26. The van der Waals surface area contributed by atoms with Crippen molar-refractivity contribution in [1.29, 1.82) is 0 Å². The second-order valence-corrected chi connectivity index (χ2v) is 5.39. The zero-order valence-corrected chi connectivity index (χ0v) is 12.7. The van der Waals surface area contributed by atoms with Crippen LogP contribution < -0.4 is 10.5 Å². The van der Waals surface area contributed by atoms with Crippen molar-refractivity contribution in [3.8, 4) is 5.75 Å². The van der Waals surface area contributed by atoms with Crippen molar-refractivity contribution in [2.75, 3.05) is 7.11 Å². The van der Waals surface area contributed by atoms with Crippen LogP contribution in [0.4, 0.5) is 0 Å². The van der Waals surface area contributed by atoms with Gasteiger partial charge in [0.05, 0.1) is 7.11 Å². The standard InChI is InChI=1S/C14H18BrN3O/c1-18-11(7-8-17-18)4-6-13(16)12-5-3-10(15)9-14(12)19-2/h3,5,7-9,13H,4,6,16H2,1-2H3. The Hall–Kier alpha value is -1.33. The van der Waals surface area contributed by atoms with Gasteiger partial charge < -0.3 is 10.5 Å². The zero-order valence-electron chi connectivity index (χ0n) is 11.1. The highest BCUT2D eigenvalue weighted by atomic mass is 79.9. The van der Waals surface area contributed by atoms with Gasteiger partial charge >= 0.3 is 0 Å². The van der Waals surface area contributed by atoms with Crippen molar-refractivity contribution in [3.63, 3.8) is 0 Å². The number of ether oxygens (including phenoxy) is 1. The van der Waals surface area contributed by atoms with E-state index in [0.29, 0.717) is 0 Å². The number of nitrogens with zero attached hydrogens (tertiary/aromatic N) is 2. The predicted molar refractivity (Wildman–Crippen MR) is 79.2 cm³/mol. The second kappa shape index (κ2) is 6.21. The van der Waals surface area contributed by atoms with E-state index in [9.17, 15) is 0 Å². The molecule has 1 atom stereocenters. The first-order valence-electron chi connectivity index (χ1n) is 6.17. The average molecular weight is 324 g/mol. The van der Waals surface area contributed by atoms with Crippen LogP contribution in [0.3, 0.4) is 0 Å². The molecule has 2 rings (SSSR count). The van der Waals surface area contributed by atoms with E-state index in [-0.39, 0.29) is 6.04 Å². The van der Waals surface area contributed by atoms with E-state index in [1.807, 2.05) is 36.0 Å². The van der Waals surface area contributed by atoms with E-state index in [2.05, 4.69) is 21.0 Å². The van der Waals surface area contributed by atoms with E-state index in [1.54, 1.807) is 13.3 Å². The van der Waals surface area contributed by atoms with E-state index in [0.717, 1.165) is 28.6 Å². The lowest BCUT2D eigenvalue weighted by molar-refractivity contribution is 0.403. The number of hydrogen-bond acceptors (Lipinski definition) is 3. The van der Waals surface area contributed by atoms with Crippen molar-refractivity contribution in [2.45, 2.75) is 18.9 Å². The van der Waals surface area contributed by atoms with Crippen LogP contribution in [0.15, 0.2) is 34.9 Å². The quantitative estimate of drug-likeness (QED) is 0.920. The second-order valence-electron chi connectivity index (χ2n) is 4.48. The third-order valence-corrected chi connectivity index (χ3v) is 3.72. The van der Waals surface area contributed by atoms with Gasteiger partial charge in [-0.15, -0.1) is 0 Å². The van der Waals surface area contributed by atoms with Crippen LogP contribution in [-0.4, -0.2) is 16.9 Å². The minimum atomic E-state index is -0.0436. The lowest BCUT2D eigenvalue weighted by atomic mass is 10.0. The first-order valence-corrected chi connectivity index (χ1v) is 6.97. The number of aryl methyl sites for hydroxylation is 2. The van der Waals surface area contributed by atoms with Crippen molar-refractivity contribution in [1.82, 2.24) is 9.78 Å². The summed E-state index contributed by atoms with van der Waals surface area (Å²) in [6.07, 6.45) is 3.56. The van der Waals surface area contributed by atoms with Gasteiger partial charge in [-0.05, 0) is 31.0 Å². The first kappa shape index (κ1) is 14.1. The molecule has 2 aromatic rings. The lowest BCUT2D eigenvalue weighted by Crippen LogP contribution is -2.13. The van der Waals surface area contributed by atoms with Crippen LogP contribution in [0.2, 0.25) is 0 Å². The average Bonchev–Trinajstić information content (AvgIpc) is 2.81. The summed E-state index contributed by atoms with van der Waals surface area (Å²) < 4.78 is 8.25. The van der Waals surface area contributed by atoms with Crippen LogP contribution in [0.1, 0.15) is 23.7 Å². The Kier molecular flexibility index (Phi) is 4.61. The number of hydrogen-bond donors (Lipinski definition) is 1. The summed E-state index contributed by atoms with van der Waals surface area (Å²) in [5.74, 6) is 0.826. The summed E-state index contributed by atoms with van der Waals surface area (Å²) in [5.41, 5.74) is 8.48.